The van der Waals surface area contributed by atoms with Crippen molar-refractivity contribution in [2.24, 2.45) is 15.6 Å². The summed E-state index contributed by atoms with van der Waals surface area (Å²) >= 11 is 5.60. The number of carbonyl (C=O) groups is 3. The van der Waals surface area contributed by atoms with Crippen LogP contribution in [-0.4, -0.2) is 43.5 Å². The van der Waals surface area contributed by atoms with E-state index in [-0.39, 0.29) is 26.1 Å². The van der Waals surface area contributed by atoms with Crippen LogP contribution < -0.4 is 0 Å². The van der Waals surface area contributed by atoms with Crippen molar-refractivity contribution in [2.45, 2.75) is 58.3 Å². The van der Waals surface area contributed by atoms with E-state index in [0.29, 0.717) is 51.6 Å². The zero-order chi connectivity index (χ0) is 22.0. The molecule has 0 aliphatic rings. The largest absolute Gasteiger partial charge is 0.464 e. The fourth-order valence-corrected chi connectivity index (χ4v) is 2.23. The van der Waals surface area contributed by atoms with Crippen LogP contribution in [0.15, 0.2) is 10.2 Å². The number of nitrogens with zero attached hydrogens (tertiary/aromatic N) is 6. The lowest BCUT2D eigenvalue weighted by atomic mass is 9.95. The number of halogens is 1. The van der Waals surface area contributed by atoms with Crippen molar-refractivity contribution >= 4 is 28.8 Å². The second kappa shape index (κ2) is 16.5. The van der Waals surface area contributed by atoms with Crippen LogP contribution in [-0.2, 0) is 23.9 Å². The Morgan fingerprint density at radius 1 is 0.828 bits per heavy atom. The zero-order valence-corrected chi connectivity index (χ0v) is 17.3. The number of ether oxygens (including phenoxy) is 2. The molecule has 0 heterocycles. The molecular weight excluding hydrogens is 404 g/mol. The van der Waals surface area contributed by atoms with E-state index in [4.69, 9.17) is 32.1 Å². The third-order valence-electron chi connectivity index (χ3n) is 3.98. The fourth-order valence-electron chi connectivity index (χ4n) is 2.13. The molecule has 0 atom stereocenters. The highest BCUT2D eigenvalue weighted by Crippen LogP contribution is 2.22. The third kappa shape index (κ3) is 14.2. The second-order valence-corrected chi connectivity index (χ2v) is 7.03. The van der Waals surface area contributed by atoms with Crippen LogP contribution in [0.1, 0.15) is 58.3 Å². The van der Waals surface area contributed by atoms with Crippen LogP contribution in [0.25, 0.3) is 20.9 Å². The van der Waals surface area contributed by atoms with Crippen LogP contribution in [0.2, 0.25) is 0 Å². The average molecular weight is 431 g/mol. The van der Waals surface area contributed by atoms with Gasteiger partial charge in [0.2, 0.25) is 5.24 Å². The van der Waals surface area contributed by atoms with Gasteiger partial charge in [-0.05, 0) is 55.3 Å². The van der Waals surface area contributed by atoms with E-state index in [0.717, 1.165) is 0 Å². The SMILES string of the molecule is CC(COC(=O)CCCCCN=[N+]=[N-])(COC(=O)CCCCCN=[N+]=[N-])C(=O)Cl. The highest BCUT2D eigenvalue weighted by molar-refractivity contribution is 6.64. The molecule has 0 fully saturated rings. The van der Waals surface area contributed by atoms with Gasteiger partial charge < -0.3 is 9.47 Å². The number of unbranched alkanes of at least 4 members (excludes halogenated alkanes) is 4. The van der Waals surface area contributed by atoms with Crippen molar-refractivity contribution in [3.8, 4) is 0 Å². The molecular formula is C17H27ClN6O5. The van der Waals surface area contributed by atoms with Gasteiger partial charge in [-0.3, -0.25) is 14.4 Å². The molecule has 162 valence electrons. The Labute approximate surface area is 174 Å². The van der Waals surface area contributed by atoms with Crippen LogP contribution in [0, 0.1) is 5.41 Å². The molecule has 0 saturated heterocycles. The molecule has 0 amide bonds. The van der Waals surface area contributed by atoms with Crippen molar-refractivity contribution < 1.29 is 23.9 Å². The Bertz CT molecular complexity index is 588. The maximum atomic E-state index is 11.8. The van der Waals surface area contributed by atoms with E-state index in [2.05, 4.69) is 20.1 Å². The van der Waals surface area contributed by atoms with E-state index in [1.807, 2.05) is 0 Å². The Morgan fingerprint density at radius 3 is 1.59 bits per heavy atom. The van der Waals surface area contributed by atoms with E-state index < -0.39 is 22.6 Å². The average Bonchev–Trinajstić information content (AvgIpc) is 2.70. The number of carbonyl (C=O) groups excluding carboxylic acids is 3. The smallest absolute Gasteiger partial charge is 0.305 e. The lowest BCUT2D eigenvalue weighted by molar-refractivity contribution is -0.155. The Kier molecular flexibility index (Phi) is 15.1. The molecule has 12 heteroatoms. The first-order valence-corrected chi connectivity index (χ1v) is 9.76. The molecule has 0 unspecified atom stereocenters. The molecule has 0 spiro atoms. The van der Waals surface area contributed by atoms with Crippen molar-refractivity contribution in [1.29, 1.82) is 0 Å². The first-order valence-electron chi connectivity index (χ1n) is 9.38. The topological polar surface area (TPSA) is 167 Å². The van der Waals surface area contributed by atoms with Crippen molar-refractivity contribution in [1.82, 2.24) is 0 Å². The molecule has 0 N–H and O–H groups in total. The third-order valence-corrected chi connectivity index (χ3v) is 4.44. The summed E-state index contributed by atoms with van der Waals surface area (Å²) in [6.07, 6.45) is 4.24. The van der Waals surface area contributed by atoms with E-state index in [1.54, 1.807) is 0 Å². The van der Waals surface area contributed by atoms with Gasteiger partial charge in [-0.15, -0.1) is 0 Å². The Morgan fingerprint density at radius 2 is 1.24 bits per heavy atom. The summed E-state index contributed by atoms with van der Waals surface area (Å²) in [6.45, 7) is 1.65. The molecule has 0 aromatic carbocycles. The lowest BCUT2D eigenvalue weighted by Crippen LogP contribution is -2.36. The summed E-state index contributed by atoms with van der Waals surface area (Å²) in [5.41, 5.74) is 15.0. The molecule has 0 aromatic rings. The minimum atomic E-state index is -1.32. The Balaban J connectivity index is 4.16. The minimum Gasteiger partial charge on any atom is -0.464 e. The molecule has 0 aliphatic heterocycles. The van der Waals surface area contributed by atoms with Gasteiger partial charge in [0.1, 0.15) is 18.6 Å². The van der Waals surface area contributed by atoms with Gasteiger partial charge in [-0.25, -0.2) is 0 Å². The quantitative estimate of drug-likeness (QED) is 0.0819. The van der Waals surface area contributed by atoms with E-state index in [1.165, 1.54) is 6.92 Å². The van der Waals surface area contributed by atoms with Crippen LogP contribution in [0.3, 0.4) is 0 Å². The van der Waals surface area contributed by atoms with Gasteiger partial charge in [0.25, 0.3) is 0 Å². The molecule has 11 nitrogen and oxygen atoms in total. The standard InChI is InChI=1S/C17H27ClN6O5/c1-17(16(18)27,12-28-14(25)8-4-2-6-10-21-23-19)13-29-15(26)9-5-3-7-11-22-24-20/h2-13H2,1H3. The minimum absolute atomic E-state index is 0.165. The van der Waals surface area contributed by atoms with Gasteiger partial charge >= 0.3 is 11.9 Å². The maximum Gasteiger partial charge on any atom is 0.305 e. The maximum absolute atomic E-state index is 11.8. The zero-order valence-electron chi connectivity index (χ0n) is 16.6. The van der Waals surface area contributed by atoms with Gasteiger partial charge in [0.05, 0.1) is 0 Å². The van der Waals surface area contributed by atoms with Gasteiger partial charge in [0.15, 0.2) is 0 Å². The first kappa shape index (κ1) is 26.5. The predicted octanol–water partition coefficient (Wildman–Crippen LogP) is 4.59. The van der Waals surface area contributed by atoms with Crippen LogP contribution in [0.5, 0.6) is 0 Å². The number of azide groups is 2. The fraction of sp³-hybridized carbons (Fsp3) is 0.824. The number of hydrogen-bond acceptors (Lipinski definition) is 7. The molecule has 29 heavy (non-hydrogen) atoms. The highest BCUT2D eigenvalue weighted by Gasteiger charge is 2.35. The normalized spacial score (nSPS) is 12.1. The summed E-state index contributed by atoms with van der Waals surface area (Å²) in [5.74, 6) is -0.964. The monoisotopic (exact) mass is 430 g/mol. The molecule has 0 saturated carbocycles. The summed E-state index contributed by atoms with van der Waals surface area (Å²) in [7, 11) is 0. The second-order valence-electron chi connectivity index (χ2n) is 6.69. The first-order chi connectivity index (χ1) is 13.9. The van der Waals surface area contributed by atoms with E-state index >= 15 is 0 Å². The molecule has 0 radical (unpaired) electrons. The van der Waals surface area contributed by atoms with Gasteiger partial charge in [-0.2, -0.15) is 0 Å². The highest BCUT2D eigenvalue weighted by atomic mass is 35.5. The summed E-state index contributed by atoms with van der Waals surface area (Å²) in [5, 5.41) is 6.04. The Hall–Kier alpha value is -2.48. The molecule has 0 aliphatic carbocycles. The molecule has 0 aromatic heterocycles. The van der Waals surface area contributed by atoms with Crippen LogP contribution in [0.4, 0.5) is 0 Å². The van der Waals surface area contributed by atoms with Gasteiger partial charge in [0, 0.05) is 35.8 Å². The predicted molar refractivity (Wildman–Crippen MR) is 106 cm³/mol. The number of hydrogen-bond donors (Lipinski definition) is 0. The van der Waals surface area contributed by atoms with Crippen molar-refractivity contribution in [3.05, 3.63) is 20.9 Å². The van der Waals surface area contributed by atoms with Crippen molar-refractivity contribution in [2.75, 3.05) is 26.3 Å². The van der Waals surface area contributed by atoms with Crippen molar-refractivity contribution in [3.63, 3.8) is 0 Å². The summed E-state index contributed by atoms with van der Waals surface area (Å²) < 4.78 is 10.2. The van der Waals surface area contributed by atoms with E-state index in [9.17, 15) is 14.4 Å². The molecule has 0 rings (SSSR count). The van der Waals surface area contributed by atoms with Gasteiger partial charge in [-0.1, -0.05) is 23.1 Å². The lowest BCUT2D eigenvalue weighted by Gasteiger charge is -2.24. The molecule has 0 bridgehead atoms. The van der Waals surface area contributed by atoms with Crippen LogP contribution >= 0.6 is 11.6 Å². The number of rotatable bonds is 17. The number of esters is 2. The summed E-state index contributed by atoms with van der Waals surface area (Å²) in [4.78, 5) is 40.6. The summed E-state index contributed by atoms with van der Waals surface area (Å²) in [6, 6.07) is 0.